The molecular formula is C14H18ClNO2. The zero-order valence-corrected chi connectivity index (χ0v) is 11.2. The van der Waals surface area contributed by atoms with E-state index in [1.54, 1.807) is 0 Å². The van der Waals surface area contributed by atoms with Crippen molar-refractivity contribution in [1.82, 2.24) is 0 Å². The Morgan fingerprint density at radius 2 is 2.00 bits per heavy atom. The van der Waals surface area contributed by atoms with Crippen LogP contribution in [0, 0.1) is 12.8 Å². The average molecular weight is 268 g/mol. The molecule has 0 amide bonds. The number of carboxylic acids is 1. The maximum absolute atomic E-state index is 10.9. The number of aliphatic carboxylic acids is 1. The highest BCUT2D eigenvalue weighted by Gasteiger charge is 2.26. The topological polar surface area (TPSA) is 49.3 Å². The lowest BCUT2D eigenvalue weighted by Crippen LogP contribution is -2.29. The molecule has 1 aliphatic rings. The molecule has 2 rings (SSSR count). The van der Waals surface area contributed by atoms with Crippen LogP contribution in [-0.4, -0.2) is 17.1 Å². The fourth-order valence-electron chi connectivity index (χ4n) is 2.46. The highest BCUT2D eigenvalue weighted by atomic mass is 35.5. The summed E-state index contributed by atoms with van der Waals surface area (Å²) in [7, 11) is 0. The second-order valence-electron chi connectivity index (χ2n) is 4.97. The minimum Gasteiger partial charge on any atom is -0.481 e. The molecule has 1 saturated carbocycles. The first-order valence-corrected chi connectivity index (χ1v) is 6.70. The van der Waals surface area contributed by atoms with Crippen molar-refractivity contribution in [2.75, 3.05) is 5.32 Å². The van der Waals surface area contributed by atoms with Crippen LogP contribution < -0.4 is 5.32 Å². The molecule has 4 heteroatoms. The van der Waals surface area contributed by atoms with E-state index in [2.05, 4.69) is 5.32 Å². The van der Waals surface area contributed by atoms with Gasteiger partial charge in [0.1, 0.15) is 0 Å². The van der Waals surface area contributed by atoms with Crippen molar-refractivity contribution in [2.24, 2.45) is 5.92 Å². The summed E-state index contributed by atoms with van der Waals surface area (Å²) in [6.07, 6.45) is 3.27. The molecule has 1 aromatic rings. The molecule has 0 heterocycles. The van der Waals surface area contributed by atoms with Gasteiger partial charge in [0.05, 0.1) is 16.6 Å². The second-order valence-corrected chi connectivity index (χ2v) is 5.35. The predicted octanol–water partition coefficient (Wildman–Crippen LogP) is 3.70. The monoisotopic (exact) mass is 267 g/mol. The summed E-state index contributed by atoms with van der Waals surface area (Å²) in [5.41, 5.74) is 2.01. The van der Waals surface area contributed by atoms with Crippen molar-refractivity contribution >= 4 is 23.3 Å². The third-order valence-corrected chi connectivity index (χ3v) is 4.13. The Balaban J connectivity index is 1.96. The lowest BCUT2D eigenvalue weighted by Gasteiger charge is -2.28. The lowest BCUT2D eigenvalue weighted by atomic mass is 9.86. The molecule has 0 atom stereocenters. The molecule has 1 fully saturated rings. The highest BCUT2D eigenvalue weighted by molar-refractivity contribution is 6.34. The Morgan fingerprint density at radius 3 is 2.61 bits per heavy atom. The van der Waals surface area contributed by atoms with Gasteiger partial charge in [-0.2, -0.15) is 0 Å². The van der Waals surface area contributed by atoms with Gasteiger partial charge in [0, 0.05) is 6.04 Å². The SMILES string of the molecule is Cc1cccc(NC2CCC(C(=O)O)CC2)c1Cl. The summed E-state index contributed by atoms with van der Waals surface area (Å²) < 4.78 is 0. The normalized spacial score (nSPS) is 23.7. The molecule has 18 heavy (non-hydrogen) atoms. The maximum atomic E-state index is 10.9. The van der Waals surface area contributed by atoms with Gasteiger partial charge in [0.15, 0.2) is 0 Å². The summed E-state index contributed by atoms with van der Waals surface area (Å²) in [5, 5.41) is 13.1. The van der Waals surface area contributed by atoms with Crippen molar-refractivity contribution in [2.45, 2.75) is 38.6 Å². The number of benzene rings is 1. The quantitative estimate of drug-likeness (QED) is 0.878. The standard InChI is InChI=1S/C14H18ClNO2/c1-9-3-2-4-12(13(9)15)16-11-7-5-10(6-8-11)14(17)18/h2-4,10-11,16H,5-8H2,1H3,(H,17,18). The Bertz CT molecular complexity index is 439. The van der Waals surface area contributed by atoms with Crippen LogP contribution in [0.1, 0.15) is 31.2 Å². The summed E-state index contributed by atoms with van der Waals surface area (Å²) in [4.78, 5) is 10.9. The summed E-state index contributed by atoms with van der Waals surface area (Å²) in [6.45, 7) is 1.98. The Kier molecular flexibility index (Phi) is 4.12. The number of carbonyl (C=O) groups is 1. The fourth-order valence-corrected chi connectivity index (χ4v) is 2.64. The van der Waals surface area contributed by atoms with E-state index in [9.17, 15) is 4.79 Å². The summed E-state index contributed by atoms with van der Waals surface area (Å²) >= 11 is 6.23. The second kappa shape index (κ2) is 5.61. The minimum absolute atomic E-state index is 0.170. The maximum Gasteiger partial charge on any atom is 0.306 e. The predicted molar refractivity (Wildman–Crippen MR) is 73.2 cm³/mol. The third kappa shape index (κ3) is 2.96. The van der Waals surface area contributed by atoms with Crippen LogP contribution >= 0.6 is 11.6 Å². The summed E-state index contributed by atoms with van der Waals surface area (Å²) in [5.74, 6) is -0.835. The molecule has 0 radical (unpaired) electrons. The molecule has 0 saturated heterocycles. The molecule has 0 bridgehead atoms. The van der Waals surface area contributed by atoms with E-state index in [-0.39, 0.29) is 5.92 Å². The molecule has 1 aromatic carbocycles. The van der Waals surface area contributed by atoms with E-state index in [0.29, 0.717) is 6.04 Å². The highest BCUT2D eigenvalue weighted by Crippen LogP contribution is 2.30. The Hall–Kier alpha value is -1.22. The van der Waals surface area contributed by atoms with Crippen molar-refractivity contribution in [3.8, 4) is 0 Å². The first-order valence-electron chi connectivity index (χ1n) is 6.32. The number of hydrogen-bond donors (Lipinski definition) is 2. The van der Waals surface area contributed by atoms with Gasteiger partial charge in [0.25, 0.3) is 0 Å². The number of nitrogens with one attached hydrogen (secondary N) is 1. The van der Waals surface area contributed by atoms with E-state index in [1.165, 1.54) is 0 Å². The molecule has 3 nitrogen and oxygen atoms in total. The first kappa shape index (κ1) is 13.2. The van der Waals surface area contributed by atoms with Crippen molar-refractivity contribution in [1.29, 1.82) is 0 Å². The van der Waals surface area contributed by atoms with Crippen molar-refractivity contribution in [3.05, 3.63) is 28.8 Å². The van der Waals surface area contributed by atoms with Crippen LogP contribution in [0.25, 0.3) is 0 Å². The first-order chi connectivity index (χ1) is 8.58. The molecule has 0 aliphatic heterocycles. The van der Waals surface area contributed by atoms with E-state index in [4.69, 9.17) is 16.7 Å². The lowest BCUT2D eigenvalue weighted by molar-refractivity contribution is -0.142. The van der Waals surface area contributed by atoms with Gasteiger partial charge in [0.2, 0.25) is 0 Å². The molecule has 98 valence electrons. The largest absolute Gasteiger partial charge is 0.481 e. The Labute approximate surface area is 112 Å². The molecule has 0 unspecified atom stereocenters. The van der Waals surface area contributed by atoms with Crippen molar-refractivity contribution in [3.63, 3.8) is 0 Å². The molecule has 0 spiro atoms. The van der Waals surface area contributed by atoms with E-state index in [1.807, 2.05) is 25.1 Å². The van der Waals surface area contributed by atoms with Crippen LogP contribution in [0.3, 0.4) is 0 Å². The fraction of sp³-hybridized carbons (Fsp3) is 0.500. The van der Waals surface area contributed by atoms with Crippen LogP contribution in [-0.2, 0) is 4.79 Å². The van der Waals surface area contributed by atoms with E-state index >= 15 is 0 Å². The molecule has 1 aliphatic carbocycles. The zero-order chi connectivity index (χ0) is 13.1. The molecular weight excluding hydrogens is 250 g/mol. The van der Waals surface area contributed by atoms with Gasteiger partial charge in [-0.05, 0) is 44.2 Å². The number of carboxylic acid groups (broad SMARTS) is 1. The number of aryl methyl sites for hydroxylation is 1. The van der Waals surface area contributed by atoms with Gasteiger partial charge in [-0.15, -0.1) is 0 Å². The molecule has 2 N–H and O–H groups in total. The number of rotatable bonds is 3. The van der Waals surface area contributed by atoms with Crippen LogP contribution in [0.4, 0.5) is 5.69 Å². The average Bonchev–Trinajstić information content (AvgIpc) is 2.36. The Morgan fingerprint density at radius 1 is 1.33 bits per heavy atom. The van der Waals surface area contributed by atoms with Gasteiger partial charge >= 0.3 is 5.97 Å². The zero-order valence-electron chi connectivity index (χ0n) is 10.4. The summed E-state index contributed by atoms with van der Waals surface area (Å²) in [6, 6.07) is 6.26. The van der Waals surface area contributed by atoms with Gasteiger partial charge < -0.3 is 10.4 Å². The van der Waals surface area contributed by atoms with Crippen LogP contribution in [0.5, 0.6) is 0 Å². The van der Waals surface area contributed by atoms with Crippen molar-refractivity contribution < 1.29 is 9.90 Å². The smallest absolute Gasteiger partial charge is 0.306 e. The number of halogens is 1. The minimum atomic E-state index is -0.665. The van der Waals surface area contributed by atoms with Crippen LogP contribution in [0.15, 0.2) is 18.2 Å². The van der Waals surface area contributed by atoms with Gasteiger partial charge in [-0.25, -0.2) is 0 Å². The third-order valence-electron chi connectivity index (χ3n) is 3.63. The number of hydrogen-bond acceptors (Lipinski definition) is 2. The van der Waals surface area contributed by atoms with Gasteiger partial charge in [-0.3, -0.25) is 4.79 Å². The van der Waals surface area contributed by atoms with Crippen LogP contribution in [0.2, 0.25) is 5.02 Å². The molecule has 0 aromatic heterocycles. The number of anilines is 1. The van der Waals surface area contributed by atoms with E-state index in [0.717, 1.165) is 42.0 Å². The van der Waals surface area contributed by atoms with E-state index < -0.39 is 5.97 Å². The van der Waals surface area contributed by atoms with Gasteiger partial charge in [-0.1, -0.05) is 23.7 Å².